The van der Waals surface area contributed by atoms with Crippen molar-refractivity contribution in [3.05, 3.63) is 59.2 Å². The number of ether oxygens (including phenoxy) is 1. The molecule has 0 spiro atoms. The molecule has 1 aromatic carbocycles. The Kier molecular flexibility index (Phi) is 6.77. The topological polar surface area (TPSA) is 87.7 Å². The summed E-state index contributed by atoms with van der Waals surface area (Å²) in [5.74, 6) is 0.0898. The number of nitrogens with zero attached hydrogens (tertiary/aromatic N) is 4. The van der Waals surface area contributed by atoms with Gasteiger partial charge in [0.15, 0.2) is 0 Å². The monoisotopic (exact) mass is 451 g/mol. The molecule has 0 bridgehead atoms. The SMILES string of the molecule is COC(=O)c1c(-c2ccc(C)cc2)csc1NC(=O)CN1CCN(c2ncccn2)CC1. The lowest BCUT2D eigenvalue weighted by molar-refractivity contribution is -0.117. The van der Waals surface area contributed by atoms with Gasteiger partial charge in [-0.2, -0.15) is 0 Å². The number of amides is 1. The number of esters is 1. The number of aryl methyl sites for hydroxylation is 1. The third-order valence-corrected chi connectivity index (χ3v) is 6.27. The van der Waals surface area contributed by atoms with Crippen LogP contribution in [0.2, 0.25) is 0 Å². The second kappa shape index (κ2) is 9.88. The standard InChI is InChI=1S/C23H25N5O3S/c1-16-4-6-17(7-5-16)18-15-32-21(20(18)22(30)31-2)26-19(29)14-27-10-12-28(13-11-27)23-24-8-3-9-25-23/h3-9,15H,10-14H2,1-2H3,(H,26,29). The van der Waals surface area contributed by atoms with Crippen molar-refractivity contribution >= 4 is 34.2 Å². The van der Waals surface area contributed by atoms with Crippen LogP contribution in [0.15, 0.2) is 48.1 Å². The van der Waals surface area contributed by atoms with Crippen molar-refractivity contribution in [3.8, 4) is 11.1 Å². The smallest absolute Gasteiger partial charge is 0.341 e. The molecule has 1 fully saturated rings. The predicted molar refractivity (Wildman–Crippen MR) is 125 cm³/mol. The number of carbonyl (C=O) groups is 2. The minimum atomic E-state index is -0.464. The number of aromatic nitrogens is 2. The van der Waals surface area contributed by atoms with E-state index < -0.39 is 5.97 Å². The summed E-state index contributed by atoms with van der Waals surface area (Å²) in [5.41, 5.74) is 3.19. The Morgan fingerprint density at radius 2 is 1.78 bits per heavy atom. The lowest BCUT2D eigenvalue weighted by Gasteiger charge is -2.34. The largest absolute Gasteiger partial charge is 0.465 e. The van der Waals surface area contributed by atoms with Gasteiger partial charge < -0.3 is 15.0 Å². The molecule has 9 heteroatoms. The normalized spacial score (nSPS) is 14.2. The summed E-state index contributed by atoms with van der Waals surface area (Å²) in [6.07, 6.45) is 3.46. The van der Waals surface area contributed by atoms with Crippen LogP contribution < -0.4 is 10.2 Å². The van der Waals surface area contributed by atoms with Crippen LogP contribution in [-0.2, 0) is 9.53 Å². The maximum atomic E-state index is 12.7. The van der Waals surface area contributed by atoms with Crippen LogP contribution in [0, 0.1) is 6.92 Å². The molecule has 3 aromatic rings. The molecule has 1 amide bonds. The van der Waals surface area contributed by atoms with Crippen molar-refractivity contribution in [1.82, 2.24) is 14.9 Å². The lowest BCUT2D eigenvalue weighted by Crippen LogP contribution is -2.49. The molecule has 166 valence electrons. The second-order valence-corrected chi connectivity index (χ2v) is 8.45. The van der Waals surface area contributed by atoms with Gasteiger partial charge in [0.25, 0.3) is 0 Å². The first-order chi connectivity index (χ1) is 15.5. The van der Waals surface area contributed by atoms with Crippen LogP contribution in [0.4, 0.5) is 10.9 Å². The fourth-order valence-electron chi connectivity index (χ4n) is 3.63. The van der Waals surface area contributed by atoms with Gasteiger partial charge in [0.1, 0.15) is 10.6 Å². The number of piperazine rings is 1. The van der Waals surface area contributed by atoms with E-state index in [1.165, 1.54) is 18.4 Å². The van der Waals surface area contributed by atoms with Gasteiger partial charge in [-0.1, -0.05) is 29.8 Å². The van der Waals surface area contributed by atoms with Gasteiger partial charge in [-0.25, -0.2) is 14.8 Å². The first kappa shape index (κ1) is 21.9. The summed E-state index contributed by atoms with van der Waals surface area (Å²) >= 11 is 1.33. The molecule has 1 aliphatic rings. The van der Waals surface area contributed by atoms with E-state index in [2.05, 4.69) is 25.1 Å². The molecular weight excluding hydrogens is 426 g/mol. The second-order valence-electron chi connectivity index (χ2n) is 7.57. The molecule has 32 heavy (non-hydrogen) atoms. The third kappa shape index (κ3) is 4.95. The summed E-state index contributed by atoms with van der Waals surface area (Å²) in [6, 6.07) is 9.71. The maximum absolute atomic E-state index is 12.7. The van der Waals surface area contributed by atoms with E-state index >= 15 is 0 Å². The highest BCUT2D eigenvalue weighted by Crippen LogP contribution is 2.36. The van der Waals surface area contributed by atoms with E-state index in [1.807, 2.05) is 36.6 Å². The molecule has 0 radical (unpaired) electrons. The van der Waals surface area contributed by atoms with Gasteiger partial charge in [-0.15, -0.1) is 11.3 Å². The molecule has 0 unspecified atom stereocenters. The van der Waals surface area contributed by atoms with Gasteiger partial charge in [0.05, 0.1) is 13.7 Å². The van der Waals surface area contributed by atoms with E-state index in [1.54, 1.807) is 18.5 Å². The molecule has 1 aliphatic heterocycles. The molecule has 3 heterocycles. The van der Waals surface area contributed by atoms with Crippen molar-refractivity contribution in [3.63, 3.8) is 0 Å². The van der Waals surface area contributed by atoms with Crippen molar-refractivity contribution in [1.29, 1.82) is 0 Å². The first-order valence-corrected chi connectivity index (χ1v) is 11.2. The summed E-state index contributed by atoms with van der Waals surface area (Å²) < 4.78 is 5.00. The average molecular weight is 452 g/mol. The molecule has 1 saturated heterocycles. The fourth-order valence-corrected chi connectivity index (χ4v) is 4.60. The van der Waals surface area contributed by atoms with E-state index in [0.29, 0.717) is 16.5 Å². The number of methoxy groups -OCH3 is 1. The molecular formula is C23H25N5O3S. The van der Waals surface area contributed by atoms with Crippen LogP contribution in [0.25, 0.3) is 11.1 Å². The summed E-state index contributed by atoms with van der Waals surface area (Å²) in [4.78, 5) is 38.0. The molecule has 1 N–H and O–H groups in total. The summed E-state index contributed by atoms with van der Waals surface area (Å²) in [5, 5.41) is 5.30. The highest BCUT2D eigenvalue weighted by Gasteiger charge is 2.24. The lowest BCUT2D eigenvalue weighted by atomic mass is 10.0. The number of carbonyl (C=O) groups excluding carboxylic acids is 2. The average Bonchev–Trinajstić information content (AvgIpc) is 3.23. The number of hydrogen-bond donors (Lipinski definition) is 1. The van der Waals surface area contributed by atoms with Gasteiger partial charge in [0.2, 0.25) is 11.9 Å². The van der Waals surface area contributed by atoms with Crippen LogP contribution in [0.5, 0.6) is 0 Å². The number of rotatable bonds is 6. The zero-order valence-electron chi connectivity index (χ0n) is 18.1. The fraction of sp³-hybridized carbons (Fsp3) is 0.304. The third-order valence-electron chi connectivity index (χ3n) is 5.37. The van der Waals surface area contributed by atoms with Crippen LogP contribution >= 0.6 is 11.3 Å². The van der Waals surface area contributed by atoms with Gasteiger partial charge in [-0.05, 0) is 18.6 Å². The minimum absolute atomic E-state index is 0.156. The maximum Gasteiger partial charge on any atom is 0.341 e. The zero-order chi connectivity index (χ0) is 22.5. The Bertz CT molecular complexity index is 1080. The van der Waals surface area contributed by atoms with Crippen molar-refractivity contribution < 1.29 is 14.3 Å². The molecule has 0 atom stereocenters. The van der Waals surface area contributed by atoms with Crippen LogP contribution in [-0.4, -0.2) is 66.6 Å². The molecule has 4 rings (SSSR count). The molecule has 2 aromatic heterocycles. The van der Waals surface area contributed by atoms with Crippen molar-refractivity contribution in [2.24, 2.45) is 0 Å². The Labute approximate surface area is 190 Å². The van der Waals surface area contributed by atoms with E-state index in [9.17, 15) is 9.59 Å². The van der Waals surface area contributed by atoms with Crippen LogP contribution in [0.3, 0.4) is 0 Å². The number of benzene rings is 1. The first-order valence-electron chi connectivity index (χ1n) is 10.4. The number of thiophene rings is 1. The van der Waals surface area contributed by atoms with Gasteiger partial charge in [0, 0.05) is 49.5 Å². The number of hydrogen-bond acceptors (Lipinski definition) is 8. The molecule has 0 saturated carbocycles. The highest BCUT2D eigenvalue weighted by atomic mass is 32.1. The van der Waals surface area contributed by atoms with E-state index in [-0.39, 0.29) is 12.5 Å². The Morgan fingerprint density at radius 3 is 2.44 bits per heavy atom. The summed E-state index contributed by atoms with van der Waals surface area (Å²) in [6.45, 7) is 5.23. The minimum Gasteiger partial charge on any atom is -0.465 e. The Hall–Kier alpha value is -3.30. The van der Waals surface area contributed by atoms with Crippen molar-refractivity contribution in [2.45, 2.75) is 6.92 Å². The van der Waals surface area contributed by atoms with E-state index in [0.717, 1.165) is 42.9 Å². The highest BCUT2D eigenvalue weighted by molar-refractivity contribution is 7.15. The summed E-state index contributed by atoms with van der Waals surface area (Å²) in [7, 11) is 1.35. The van der Waals surface area contributed by atoms with Gasteiger partial charge in [-0.3, -0.25) is 9.69 Å². The quantitative estimate of drug-likeness (QED) is 0.576. The van der Waals surface area contributed by atoms with Crippen molar-refractivity contribution in [2.75, 3.05) is 50.1 Å². The van der Waals surface area contributed by atoms with E-state index in [4.69, 9.17) is 4.74 Å². The van der Waals surface area contributed by atoms with Gasteiger partial charge >= 0.3 is 5.97 Å². The number of nitrogens with one attached hydrogen (secondary N) is 1. The number of anilines is 2. The predicted octanol–water partition coefficient (Wildman–Crippen LogP) is 3.06. The zero-order valence-corrected chi connectivity index (χ0v) is 18.9. The molecule has 8 nitrogen and oxygen atoms in total. The Balaban J connectivity index is 1.41. The van der Waals surface area contributed by atoms with Crippen LogP contribution in [0.1, 0.15) is 15.9 Å². The Morgan fingerprint density at radius 1 is 1.09 bits per heavy atom. The molecule has 0 aliphatic carbocycles.